The van der Waals surface area contributed by atoms with Crippen LogP contribution >= 0.6 is 0 Å². The van der Waals surface area contributed by atoms with Crippen LogP contribution in [-0.2, 0) is 22.6 Å². The van der Waals surface area contributed by atoms with Crippen LogP contribution in [0.25, 0.3) is 11.1 Å². The molecular formula is C15H14F3NO2S. The van der Waals surface area contributed by atoms with Crippen molar-refractivity contribution in [3.05, 3.63) is 53.6 Å². The third-order valence-corrected chi connectivity index (χ3v) is 4.34. The lowest BCUT2D eigenvalue weighted by molar-refractivity contribution is -0.138. The summed E-state index contributed by atoms with van der Waals surface area (Å²) >= 11 is 0. The number of alkyl halides is 3. The van der Waals surface area contributed by atoms with Crippen LogP contribution in [0.3, 0.4) is 0 Å². The highest BCUT2D eigenvalue weighted by Gasteiger charge is 2.33. The fourth-order valence-corrected chi connectivity index (χ4v) is 2.77. The summed E-state index contributed by atoms with van der Waals surface area (Å²) in [6, 6.07) is 9.61. The van der Waals surface area contributed by atoms with Crippen LogP contribution in [0.2, 0.25) is 0 Å². The fraction of sp³-hybridized carbons (Fsp3) is 0.200. The van der Waals surface area contributed by atoms with Crippen molar-refractivity contribution in [2.75, 3.05) is 6.26 Å². The summed E-state index contributed by atoms with van der Waals surface area (Å²) in [6.07, 6.45) is -3.47. The van der Waals surface area contributed by atoms with E-state index >= 15 is 0 Å². The van der Waals surface area contributed by atoms with Crippen LogP contribution < -0.4 is 5.73 Å². The van der Waals surface area contributed by atoms with Gasteiger partial charge in [-0.2, -0.15) is 13.2 Å². The first-order chi connectivity index (χ1) is 10.1. The minimum atomic E-state index is -4.51. The van der Waals surface area contributed by atoms with Crippen LogP contribution in [-0.4, -0.2) is 14.7 Å². The van der Waals surface area contributed by atoms with Gasteiger partial charge in [-0.05, 0) is 34.9 Å². The van der Waals surface area contributed by atoms with Crippen LogP contribution in [0.1, 0.15) is 11.1 Å². The van der Waals surface area contributed by atoms with Gasteiger partial charge in [-0.15, -0.1) is 0 Å². The van der Waals surface area contributed by atoms with Gasteiger partial charge in [-0.1, -0.05) is 24.3 Å². The maximum atomic E-state index is 13.0. The summed E-state index contributed by atoms with van der Waals surface area (Å²) in [6.45, 7) is -0.224. The summed E-state index contributed by atoms with van der Waals surface area (Å²) < 4.78 is 62.2. The van der Waals surface area contributed by atoms with Gasteiger partial charge in [-0.25, -0.2) is 8.42 Å². The van der Waals surface area contributed by atoms with Crippen LogP contribution in [0, 0.1) is 0 Å². The highest BCUT2D eigenvalue weighted by Crippen LogP contribution is 2.35. The summed E-state index contributed by atoms with van der Waals surface area (Å²) in [7, 11) is -3.43. The summed E-state index contributed by atoms with van der Waals surface area (Å²) in [5, 5.41) is 0. The SMILES string of the molecule is CS(=O)(=O)c1cccc(-c2ccc(CN)c(C(F)(F)F)c2)c1. The van der Waals surface area contributed by atoms with Gasteiger partial charge in [0, 0.05) is 12.8 Å². The predicted molar refractivity (Wildman–Crippen MR) is 77.9 cm³/mol. The molecule has 0 unspecified atom stereocenters. The van der Waals surface area contributed by atoms with Crippen molar-refractivity contribution in [1.82, 2.24) is 0 Å². The lowest BCUT2D eigenvalue weighted by atomic mass is 9.99. The Hall–Kier alpha value is -1.86. The Labute approximate surface area is 126 Å². The Morgan fingerprint density at radius 2 is 1.68 bits per heavy atom. The number of halogens is 3. The molecule has 7 heteroatoms. The first kappa shape index (κ1) is 16.5. The van der Waals surface area contributed by atoms with Gasteiger partial charge < -0.3 is 5.73 Å². The second-order valence-electron chi connectivity index (χ2n) is 4.87. The Morgan fingerprint density at radius 3 is 2.23 bits per heavy atom. The van der Waals surface area contributed by atoms with E-state index < -0.39 is 21.6 Å². The van der Waals surface area contributed by atoms with Crippen molar-refractivity contribution in [3.63, 3.8) is 0 Å². The van der Waals surface area contributed by atoms with E-state index in [0.29, 0.717) is 5.56 Å². The molecule has 0 radical (unpaired) electrons. The molecule has 0 aliphatic heterocycles. The molecule has 0 aromatic heterocycles. The largest absolute Gasteiger partial charge is 0.416 e. The number of benzene rings is 2. The smallest absolute Gasteiger partial charge is 0.326 e. The van der Waals surface area contributed by atoms with Gasteiger partial charge in [-0.3, -0.25) is 0 Å². The van der Waals surface area contributed by atoms with Gasteiger partial charge in [0.15, 0.2) is 9.84 Å². The summed E-state index contributed by atoms with van der Waals surface area (Å²) in [5.74, 6) is 0. The van der Waals surface area contributed by atoms with Crippen molar-refractivity contribution < 1.29 is 21.6 Å². The molecule has 0 aliphatic carbocycles. The molecule has 0 saturated heterocycles. The van der Waals surface area contributed by atoms with Crippen molar-refractivity contribution in [2.45, 2.75) is 17.6 Å². The molecule has 0 saturated carbocycles. The van der Waals surface area contributed by atoms with Gasteiger partial charge in [0.05, 0.1) is 10.5 Å². The Morgan fingerprint density at radius 1 is 1.05 bits per heavy atom. The van der Waals surface area contributed by atoms with Crippen molar-refractivity contribution >= 4 is 9.84 Å². The molecule has 0 amide bonds. The molecule has 2 aromatic rings. The number of hydrogen-bond donors (Lipinski definition) is 1. The molecule has 0 bridgehead atoms. The molecule has 0 fully saturated rings. The number of hydrogen-bond acceptors (Lipinski definition) is 3. The normalized spacial score (nSPS) is 12.4. The molecule has 2 rings (SSSR count). The minimum absolute atomic E-state index is 0.00415. The Kier molecular flexibility index (Phi) is 4.30. The van der Waals surface area contributed by atoms with E-state index in [-0.39, 0.29) is 22.6 Å². The zero-order valence-corrected chi connectivity index (χ0v) is 12.5. The van der Waals surface area contributed by atoms with Crippen molar-refractivity contribution in [3.8, 4) is 11.1 Å². The van der Waals surface area contributed by atoms with E-state index in [2.05, 4.69) is 0 Å². The third-order valence-electron chi connectivity index (χ3n) is 3.23. The first-order valence-electron chi connectivity index (χ1n) is 6.33. The molecule has 0 atom stereocenters. The van der Waals surface area contributed by atoms with Gasteiger partial charge in [0.1, 0.15) is 0 Å². The molecule has 2 N–H and O–H groups in total. The van der Waals surface area contributed by atoms with Crippen LogP contribution in [0.15, 0.2) is 47.4 Å². The summed E-state index contributed by atoms with van der Waals surface area (Å²) in [4.78, 5) is 0.0569. The Balaban J connectivity index is 2.59. The number of rotatable bonds is 3. The monoisotopic (exact) mass is 329 g/mol. The third kappa shape index (κ3) is 3.48. The maximum Gasteiger partial charge on any atom is 0.416 e. The Bertz CT molecular complexity index is 799. The van der Waals surface area contributed by atoms with E-state index in [9.17, 15) is 21.6 Å². The number of nitrogens with two attached hydrogens (primary N) is 1. The molecule has 0 spiro atoms. The molecular weight excluding hydrogens is 315 g/mol. The van der Waals surface area contributed by atoms with Gasteiger partial charge in [0.25, 0.3) is 0 Å². The zero-order valence-electron chi connectivity index (χ0n) is 11.7. The first-order valence-corrected chi connectivity index (χ1v) is 8.23. The van der Waals surface area contributed by atoms with Gasteiger partial charge in [0.2, 0.25) is 0 Å². The standard InChI is InChI=1S/C15H14F3NO2S/c1-22(20,21)13-4-2-3-10(7-13)11-5-6-12(9-19)14(8-11)15(16,17)18/h2-8H,9,19H2,1H3. The zero-order chi connectivity index (χ0) is 16.5. The van der Waals surface area contributed by atoms with Crippen molar-refractivity contribution in [2.24, 2.45) is 5.73 Å². The van der Waals surface area contributed by atoms with Crippen LogP contribution in [0.5, 0.6) is 0 Å². The van der Waals surface area contributed by atoms with Crippen LogP contribution in [0.4, 0.5) is 13.2 Å². The predicted octanol–water partition coefficient (Wildman–Crippen LogP) is 3.23. The fourth-order valence-electron chi connectivity index (χ4n) is 2.10. The van der Waals surface area contributed by atoms with E-state index in [1.54, 1.807) is 6.07 Å². The topological polar surface area (TPSA) is 60.2 Å². The second-order valence-corrected chi connectivity index (χ2v) is 6.89. The molecule has 2 aromatic carbocycles. The van der Waals surface area contributed by atoms with E-state index in [4.69, 9.17) is 5.73 Å². The van der Waals surface area contributed by atoms with Gasteiger partial charge >= 0.3 is 6.18 Å². The molecule has 22 heavy (non-hydrogen) atoms. The quantitative estimate of drug-likeness (QED) is 0.940. The molecule has 0 heterocycles. The minimum Gasteiger partial charge on any atom is -0.326 e. The molecule has 3 nitrogen and oxygen atoms in total. The number of sulfone groups is 1. The lowest BCUT2D eigenvalue weighted by Gasteiger charge is -2.14. The highest BCUT2D eigenvalue weighted by molar-refractivity contribution is 7.90. The van der Waals surface area contributed by atoms with E-state index in [1.807, 2.05) is 0 Å². The van der Waals surface area contributed by atoms with E-state index in [0.717, 1.165) is 12.3 Å². The maximum absolute atomic E-state index is 13.0. The lowest BCUT2D eigenvalue weighted by Crippen LogP contribution is -2.12. The second kappa shape index (κ2) is 5.73. The molecule has 118 valence electrons. The van der Waals surface area contributed by atoms with E-state index in [1.165, 1.54) is 30.3 Å². The van der Waals surface area contributed by atoms with Crippen molar-refractivity contribution in [1.29, 1.82) is 0 Å². The highest BCUT2D eigenvalue weighted by atomic mass is 32.2. The molecule has 0 aliphatic rings. The average Bonchev–Trinajstić information content (AvgIpc) is 2.45. The summed E-state index contributed by atoms with van der Waals surface area (Å²) in [5.41, 5.74) is 5.21. The average molecular weight is 329 g/mol.